The van der Waals surface area contributed by atoms with E-state index in [1.165, 1.54) is 17.9 Å². The Morgan fingerprint density at radius 3 is 2.86 bits per heavy atom. The highest BCUT2D eigenvalue weighted by molar-refractivity contribution is 5.83. The van der Waals surface area contributed by atoms with Crippen molar-refractivity contribution in [1.29, 1.82) is 0 Å². The van der Waals surface area contributed by atoms with E-state index in [2.05, 4.69) is 24.0 Å². The van der Waals surface area contributed by atoms with Crippen LogP contribution >= 0.6 is 0 Å². The van der Waals surface area contributed by atoms with Gasteiger partial charge in [0, 0.05) is 30.4 Å². The molecule has 1 unspecified atom stereocenters. The van der Waals surface area contributed by atoms with Crippen LogP contribution in [0.3, 0.4) is 0 Å². The highest BCUT2D eigenvalue weighted by Crippen LogP contribution is 2.18. The van der Waals surface area contributed by atoms with Crippen LogP contribution in [0.2, 0.25) is 0 Å². The van der Waals surface area contributed by atoms with Gasteiger partial charge >= 0.3 is 5.97 Å². The number of aromatic nitrogens is 1. The lowest BCUT2D eigenvalue weighted by atomic mass is 10.1. The zero-order valence-electron chi connectivity index (χ0n) is 13.4. The van der Waals surface area contributed by atoms with E-state index in [1.54, 1.807) is 0 Å². The molecular formula is C18H25NO3. The summed E-state index contributed by atoms with van der Waals surface area (Å²) in [5.74, 6) is -0.284. The standard InChI is InChI=1S/C18H25NO3/c1-3-4-5-10-18(22-14(2)20)21-12-11-15-13-19-17-9-7-6-8-16(15)17/h6-9,13,18-19H,3-5,10-12H2,1-2H3. The van der Waals surface area contributed by atoms with Crippen LogP contribution in [0.25, 0.3) is 10.9 Å². The molecule has 1 heterocycles. The molecule has 22 heavy (non-hydrogen) atoms. The third-order valence-corrected chi connectivity index (χ3v) is 3.69. The van der Waals surface area contributed by atoms with Gasteiger partial charge in [0.15, 0.2) is 0 Å². The van der Waals surface area contributed by atoms with Crippen molar-refractivity contribution < 1.29 is 14.3 Å². The maximum atomic E-state index is 11.1. The Hall–Kier alpha value is -1.81. The second-order valence-electron chi connectivity index (χ2n) is 5.52. The number of benzene rings is 1. The van der Waals surface area contributed by atoms with E-state index in [0.717, 1.165) is 37.6 Å². The zero-order chi connectivity index (χ0) is 15.8. The lowest BCUT2D eigenvalue weighted by Gasteiger charge is -2.17. The third kappa shape index (κ3) is 4.88. The normalized spacial score (nSPS) is 12.5. The van der Waals surface area contributed by atoms with Gasteiger partial charge in [-0.05, 0) is 24.5 Å². The molecule has 0 fully saturated rings. The SMILES string of the molecule is CCCCCC(OCCc1c[nH]c2ccccc12)OC(C)=O. The number of rotatable bonds is 9. The van der Waals surface area contributed by atoms with Crippen LogP contribution in [0.5, 0.6) is 0 Å². The smallest absolute Gasteiger partial charge is 0.304 e. The maximum Gasteiger partial charge on any atom is 0.304 e. The number of para-hydroxylation sites is 1. The first-order valence-electron chi connectivity index (χ1n) is 8.04. The Balaban J connectivity index is 1.84. The molecule has 120 valence electrons. The number of carbonyl (C=O) groups is 1. The van der Waals surface area contributed by atoms with Gasteiger partial charge in [0.1, 0.15) is 0 Å². The van der Waals surface area contributed by atoms with Gasteiger partial charge in [0.05, 0.1) is 6.61 Å². The number of hydrogen-bond acceptors (Lipinski definition) is 3. The molecule has 1 aromatic carbocycles. The molecule has 1 N–H and O–H groups in total. The molecular weight excluding hydrogens is 278 g/mol. The minimum atomic E-state index is -0.422. The van der Waals surface area contributed by atoms with E-state index >= 15 is 0 Å². The molecule has 0 aliphatic rings. The van der Waals surface area contributed by atoms with Crippen molar-refractivity contribution in [2.24, 2.45) is 0 Å². The van der Waals surface area contributed by atoms with Gasteiger partial charge in [-0.15, -0.1) is 0 Å². The molecule has 4 heteroatoms. The van der Waals surface area contributed by atoms with Crippen molar-refractivity contribution >= 4 is 16.9 Å². The number of fused-ring (bicyclic) bond motifs is 1. The van der Waals surface area contributed by atoms with Gasteiger partial charge in [0.2, 0.25) is 6.29 Å². The molecule has 1 aromatic heterocycles. The van der Waals surface area contributed by atoms with Crippen LogP contribution in [0.1, 0.15) is 45.1 Å². The fourth-order valence-corrected chi connectivity index (χ4v) is 2.56. The summed E-state index contributed by atoms with van der Waals surface area (Å²) >= 11 is 0. The van der Waals surface area contributed by atoms with E-state index in [-0.39, 0.29) is 5.97 Å². The van der Waals surface area contributed by atoms with E-state index in [1.807, 2.05) is 18.3 Å². The quantitative estimate of drug-likeness (QED) is 0.429. The highest BCUT2D eigenvalue weighted by Gasteiger charge is 2.12. The van der Waals surface area contributed by atoms with Crippen LogP contribution in [0, 0.1) is 0 Å². The lowest BCUT2D eigenvalue weighted by molar-refractivity contribution is -0.177. The van der Waals surface area contributed by atoms with Gasteiger partial charge in [-0.3, -0.25) is 4.79 Å². The van der Waals surface area contributed by atoms with Crippen LogP contribution in [0.15, 0.2) is 30.5 Å². The fourth-order valence-electron chi connectivity index (χ4n) is 2.56. The van der Waals surface area contributed by atoms with Crippen LogP contribution in [-0.4, -0.2) is 23.9 Å². The second-order valence-corrected chi connectivity index (χ2v) is 5.52. The minimum Gasteiger partial charge on any atom is -0.436 e. The van der Waals surface area contributed by atoms with Crippen molar-refractivity contribution in [3.63, 3.8) is 0 Å². The van der Waals surface area contributed by atoms with E-state index in [9.17, 15) is 4.79 Å². The van der Waals surface area contributed by atoms with Gasteiger partial charge in [-0.2, -0.15) is 0 Å². The zero-order valence-corrected chi connectivity index (χ0v) is 13.4. The summed E-state index contributed by atoms with van der Waals surface area (Å²) in [6.45, 7) is 4.13. The Labute approximate surface area is 131 Å². The molecule has 0 amide bonds. The molecule has 1 atom stereocenters. The molecule has 0 aliphatic heterocycles. The predicted molar refractivity (Wildman–Crippen MR) is 87.7 cm³/mol. The minimum absolute atomic E-state index is 0.284. The Morgan fingerprint density at radius 2 is 2.09 bits per heavy atom. The molecule has 2 aromatic rings. The number of esters is 1. The van der Waals surface area contributed by atoms with Crippen molar-refractivity contribution in [1.82, 2.24) is 4.98 Å². The molecule has 4 nitrogen and oxygen atoms in total. The second kappa shape index (κ2) is 8.59. The van der Waals surface area contributed by atoms with E-state index in [4.69, 9.17) is 9.47 Å². The largest absolute Gasteiger partial charge is 0.436 e. The molecule has 0 saturated carbocycles. The first kappa shape index (κ1) is 16.6. The van der Waals surface area contributed by atoms with Crippen molar-refractivity contribution in [3.8, 4) is 0 Å². The Morgan fingerprint density at radius 1 is 1.27 bits per heavy atom. The number of aromatic amines is 1. The summed E-state index contributed by atoms with van der Waals surface area (Å²) in [5, 5.41) is 1.22. The maximum absolute atomic E-state index is 11.1. The molecule has 2 rings (SSSR count). The van der Waals surface area contributed by atoms with Crippen LogP contribution < -0.4 is 0 Å². The number of nitrogens with one attached hydrogen (secondary N) is 1. The molecule has 0 spiro atoms. The first-order valence-corrected chi connectivity index (χ1v) is 8.04. The fraction of sp³-hybridized carbons (Fsp3) is 0.500. The number of H-pyrrole nitrogens is 1. The highest BCUT2D eigenvalue weighted by atomic mass is 16.7. The summed E-state index contributed by atoms with van der Waals surface area (Å²) in [6, 6.07) is 8.22. The number of ether oxygens (including phenoxy) is 2. The summed E-state index contributed by atoms with van der Waals surface area (Å²) in [6.07, 6.45) is 6.45. The van der Waals surface area contributed by atoms with Gasteiger partial charge in [-0.1, -0.05) is 38.0 Å². The molecule has 0 saturated heterocycles. The Bertz CT molecular complexity index is 591. The number of unbranched alkanes of at least 4 members (excludes halogenated alkanes) is 2. The van der Waals surface area contributed by atoms with Crippen molar-refractivity contribution in [3.05, 3.63) is 36.0 Å². The molecule has 0 radical (unpaired) electrons. The van der Waals surface area contributed by atoms with Crippen molar-refractivity contribution in [2.45, 2.75) is 52.2 Å². The first-order chi connectivity index (χ1) is 10.7. The topological polar surface area (TPSA) is 51.3 Å². The summed E-state index contributed by atoms with van der Waals surface area (Å²) in [5.41, 5.74) is 2.36. The average molecular weight is 303 g/mol. The van der Waals surface area contributed by atoms with E-state index in [0.29, 0.717) is 6.61 Å². The molecule has 0 bridgehead atoms. The average Bonchev–Trinajstić information content (AvgIpc) is 2.90. The number of carbonyl (C=O) groups excluding carboxylic acids is 1. The van der Waals surface area contributed by atoms with Crippen LogP contribution in [0.4, 0.5) is 0 Å². The number of hydrogen-bond donors (Lipinski definition) is 1. The summed E-state index contributed by atoms with van der Waals surface area (Å²) in [4.78, 5) is 14.4. The third-order valence-electron chi connectivity index (χ3n) is 3.69. The predicted octanol–water partition coefficient (Wildman–Crippen LogP) is 4.20. The summed E-state index contributed by atoms with van der Waals surface area (Å²) < 4.78 is 11.0. The Kier molecular flexibility index (Phi) is 6.46. The molecule has 0 aliphatic carbocycles. The lowest BCUT2D eigenvalue weighted by Crippen LogP contribution is -2.21. The van der Waals surface area contributed by atoms with Gasteiger partial charge in [0.25, 0.3) is 0 Å². The summed E-state index contributed by atoms with van der Waals surface area (Å²) in [7, 11) is 0. The monoisotopic (exact) mass is 303 g/mol. The van der Waals surface area contributed by atoms with E-state index < -0.39 is 6.29 Å². The van der Waals surface area contributed by atoms with Crippen LogP contribution in [-0.2, 0) is 20.7 Å². The van der Waals surface area contributed by atoms with Crippen molar-refractivity contribution in [2.75, 3.05) is 6.61 Å². The van der Waals surface area contributed by atoms with Gasteiger partial charge in [-0.25, -0.2) is 0 Å². The van der Waals surface area contributed by atoms with Gasteiger partial charge < -0.3 is 14.5 Å².